The summed E-state index contributed by atoms with van der Waals surface area (Å²) in [6.07, 6.45) is 0. The smallest absolute Gasteiger partial charge is 0.230 e. The first kappa shape index (κ1) is 21.8. The van der Waals surface area contributed by atoms with Gasteiger partial charge in [-0.15, -0.1) is 11.8 Å². The number of nitrogens with zero attached hydrogens (tertiary/aromatic N) is 2. The molecule has 1 saturated heterocycles. The third-order valence-corrected chi connectivity index (χ3v) is 6.64. The Bertz CT molecular complexity index is 971. The van der Waals surface area contributed by atoms with Gasteiger partial charge in [0.15, 0.2) is 0 Å². The fraction of sp³-hybridized carbons (Fsp3) is 0.391. The Morgan fingerprint density at radius 2 is 1.97 bits per heavy atom. The maximum atomic E-state index is 13.4. The van der Waals surface area contributed by atoms with Gasteiger partial charge in [-0.05, 0) is 36.8 Å². The molecule has 164 valence electrons. The van der Waals surface area contributed by atoms with Crippen LogP contribution < -0.4 is 5.32 Å². The van der Waals surface area contributed by atoms with E-state index >= 15 is 0 Å². The molecule has 2 unspecified atom stereocenters. The molecule has 2 heterocycles. The molecule has 1 aliphatic heterocycles. The number of aromatic nitrogens is 2. The molecule has 2 aromatic carbocycles. The lowest BCUT2D eigenvalue weighted by Crippen LogP contribution is -2.44. The molecule has 0 bridgehead atoms. The van der Waals surface area contributed by atoms with Gasteiger partial charge in [-0.1, -0.05) is 24.3 Å². The highest BCUT2D eigenvalue weighted by Gasteiger charge is 2.23. The SMILES string of the molecule is CC(SCC(=O)NCC(c1ccc(F)cc1)N1CCOCC1)c1nc2ccccc2[nH]1. The second-order valence-electron chi connectivity index (χ2n) is 7.61. The minimum absolute atomic E-state index is 0.00811. The van der Waals surface area contributed by atoms with Crippen LogP contribution in [0.2, 0.25) is 0 Å². The number of imidazole rings is 1. The van der Waals surface area contributed by atoms with E-state index in [-0.39, 0.29) is 23.0 Å². The molecule has 1 aromatic heterocycles. The summed E-state index contributed by atoms with van der Waals surface area (Å²) >= 11 is 1.55. The van der Waals surface area contributed by atoms with Crippen molar-refractivity contribution in [1.29, 1.82) is 0 Å². The monoisotopic (exact) mass is 442 g/mol. The van der Waals surface area contributed by atoms with Gasteiger partial charge in [0, 0.05) is 19.6 Å². The average molecular weight is 443 g/mol. The fourth-order valence-electron chi connectivity index (χ4n) is 3.74. The number of ether oxygens (including phenoxy) is 1. The Morgan fingerprint density at radius 1 is 1.23 bits per heavy atom. The highest BCUT2D eigenvalue weighted by Crippen LogP contribution is 2.27. The largest absolute Gasteiger partial charge is 0.379 e. The molecule has 0 aliphatic carbocycles. The van der Waals surface area contributed by atoms with Crippen molar-refractivity contribution in [1.82, 2.24) is 20.2 Å². The van der Waals surface area contributed by atoms with Gasteiger partial charge in [0.1, 0.15) is 11.6 Å². The third kappa shape index (κ3) is 5.64. The van der Waals surface area contributed by atoms with Crippen molar-refractivity contribution in [2.75, 3.05) is 38.6 Å². The Morgan fingerprint density at radius 3 is 2.71 bits per heavy atom. The van der Waals surface area contributed by atoms with E-state index in [2.05, 4.69) is 20.2 Å². The second kappa shape index (κ2) is 10.3. The van der Waals surface area contributed by atoms with Crippen LogP contribution in [0.25, 0.3) is 11.0 Å². The molecule has 3 aromatic rings. The van der Waals surface area contributed by atoms with E-state index in [0.29, 0.717) is 25.5 Å². The number of amides is 1. The van der Waals surface area contributed by atoms with Crippen LogP contribution in [0.1, 0.15) is 29.6 Å². The highest BCUT2D eigenvalue weighted by atomic mass is 32.2. The molecule has 6 nitrogen and oxygen atoms in total. The zero-order valence-corrected chi connectivity index (χ0v) is 18.3. The normalized spacial score (nSPS) is 16.8. The van der Waals surface area contributed by atoms with Crippen molar-refractivity contribution in [2.24, 2.45) is 0 Å². The topological polar surface area (TPSA) is 70.2 Å². The van der Waals surface area contributed by atoms with Gasteiger partial charge in [0.05, 0.1) is 41.3 Å². The van der Waals surface area contributed by atoms with Crippen molar-refractivity contribution in [3.05, 3.63) is 65.7 Å². The van der Waals surface area contributed by atoms with E-state index in [0.717, 1.165) is 35.5 Å². The van der Waals surface area contributed by atoms with Gasteiger partial charge < -0.3 is 15.0 Å². The first-order valence-corrected chi connectivity index (χ1v) is 11.6. The molecule has 2 N–H and O–H groups in total. The van der Waals surface area contributed by atoms with Gasteiger partial charge in [-0.2, -0.15) is 0 Å². The molecule has 0 saturated carbocycles. The minimum atomic E-state index is -0.260. The first-order chi connectivity index (χ1) is 15.1. The Balaban J connectivity index is 1.33. The van der Waals surface area contributed by atoms with Crippen LogP contribution in [0, 0.1) is 5.82 Å². The molecule has 0 radical (unpaired) electrons. The molecule has 1 fully saturated rings. The molecular formula is C23H27FN4O2S. The number of fused-ring (bicyclic) bond motifs is 1. The fourth-order valence-corrected chi connectivity index (χ4v) is 4.51. The van der Waals surface area contributed by atoms with Crippen LogP contribution in [0.4, 0.5) is 4.39 Å². The summed E-state index contributed by atoms with van der Waals surface area (Å²) in [7, 11) is 0. The Hall–Kier alpha value is -2.42. The number of hydrogen-bond donors (Lipinski definition) is 2. The molecule has 0 spiro atoms. The van der Waals surface area contributed by atoms with E-state index in [1.807, 2.05) is 31.2 Å². The number of rotatable bonds is 8. The predicted octanol–water partition coefficient (Wildman–Crippen LogP) is 3.69. The summed E-state index contributed by atoms with van der Waals surface area (Å²) in [6, 6.07) is 14.4. The number of carbonyl (C=O) groups excluding carboxylic acids is 1. The third-order valence-electron chi connectivity index (χ3n) is 5.49. The number of aromatic amines is 1. The quantitative estimate of drug-likeness (QED) is 0.557. The summed E-state index contributed by atoms with van der Waals surface area (Å²) in [5.74, 6) is 0.937. The number of thioether (sulfide) groups is 1. The van der Waals surface area contributed by atoms with Crippen molar-refractivity contribution in [3.63, 3.8) is 0 Å². The maximum Gasteiger partial charge on any atom is 0.230 e. The molecule has 31 heavy (non-hydrogen) atoms. The van der Waals surface area contributed by atoms with Crippen LogP contribution in [-0.4, -0.2) is 59.4 Å². The zero-order valence-electron chi connectivity index (χ0n) is 17.5. The summed E-state index contributed by atoms with van der Waals surface area (Å²) in [5, 5.41) is 3.13. The van der Waals surface area contributed by atoms with Crippen molar-refractivity contribution < 1.29 is 13.9 Å². The van der Waals surface area contributed by atoms with Crippen LogP contribution in [0.3, 0.4) is 0 Å². The van der Waals surface area contributed by atoms with Crippen LogP contribution in [0.5, 0.6) is 0 Å². The van der Waals surface area contributed by atoms with Crippen molar-refractivity contribution in [3.8, 4) is 0 Å². The highest BCUT2D eigenvalue weighted by molar-refractivity contribution is 8.00. The van der Waals surface area contributed by atoms with Gasteiger partial charge >= 0.3 is 0 Å². The summed E-state index contributed by atoms with van der Waals surface area (Å²) in [5.41, 5.74) is 2.93. The maximum absolute atomic E-state index is 13.4. The van der Waals surface area contributed by atoms with Crippen LogP contribution in [-0.2, 0) is 9.53 Å². The average Bonchev–Trinajstić information content (AvgIpc) is 3.24. The van der Waals surface area contributed by atoms with Gasteiger partial charge in [0.25, 0.3) is 0 Å². The molecule has 4 rings (SSSR count). The standard InChI is InChI=1S/C23H27FN4O2S/c1-16(23-26-19-4-2-3-5-20(19)27-23)31-15-22(29)25-14-21(28-10-12-30-13-11-28)17-6-8-18(24)9-7-17/h2-9,16,21H,10-15H2,1H3,(H,25,29)(H,26,27). The van der Waals surface area contributed by atoms with Crippen molar-refractivity contribution in [2.45, 2.75) is 18.2 Å². The summed E-state index contributed by atoms with van der Waals surface area (Å²) < 4.78 is 18.8. The molecule has 8 heteroatoms. The lowest BCUT2D eigenvalue weighted by Gasteiger charge is -2.35. The van der Waals surface area contributed by atoms with Crippen LogP contribution >= 0.6 is 11.8 Å². The van der Waals surface area contributed by atoms with Gasteiger partial charge in [-0.25, -0.2) is 9.37 Å². The second-order valence-corrected chi connectivity index (χ2v) is 8.94. The number of hydrogen-bond acceptors (Lipinski definition) is 5. The number of para-hydroxylation sites is 2. The number of nitrogens with one attached hydrogen (secondary N) is 2. The van der Waals surface area contributed by atoms with Crippen molar-refractivity contribution >= 4 is 28.7 Å². The van der Waals surface area contributed by atoms with E-state index in [4.69, 9.17) is 4.74 Å². The van der Waals surface area contributed by atoms with E-state index < -0.39 is 0 Å². The molecular weight excluding hydrogens is 415 g/mol. The molecule has 1 amide bonds. The Labute approximate surface area is 185 Å². The van der Waals surface area contributed by atoms with E-state index in [1.54, 1.807) is 23.9 Å². The molecule has 1 aliphatic rings. The van der Waals surface area contributed by atoms with E-state index in [1.165, 1.54) is 12.1 Å². The number of morpholine rings is 1. The van der Waals surface area contributed by atoms with Gasteiger partial charge in [0.2, 0.25) is 5.91 Å². The lowest BCUT2D eigenvalue weighted by molar-refractivity contribution is -0.118. The lowest BCUT2D eigenvalue weighted by atomic mass is 10.0. The predicted molar refractivity (Wildman–Crippen MR) is 122 cm³/mol. The zero-order chi connectivity index (χ0) is 21.6. The molecule has 2 atom stereocenters. The van der Waals surface area contributed by atoms with Crippen LogP contribution in [0.15, 0.2) is 48.5 Å². The number of carbonyl (C=O) groups is 1. The Kier molecular flexibility index (Phi) is 7.21. The number of H-pyrrole nitrogens is 1. The first-order valence-electron chi connectivity index (χ1n) is 10.5. The number of halogens is 1. The minimum Gasteiger partial charge on any atom is -0.379 e. The van der Waals surface area contributed by atoms with E-state index in [9.17, 15) is 9.18 Å². The van der Waals surface area contributed by atoms with Gasteiger partial charge in [-0.3, -0.25) is 9.69 Å². The summed E-state index contributed by atoms with van der Waals surface area (Å²) in [6.45, 7) is 5.42. The summed E-state index contributed by atoms with van der Waals surface area (Å²) in [4.78, 5) is 22.8. The number of benzene rings is 2.